The molecule has 0 radical (unpaired) electrons. The van der Waals surface area contributed by atoms with Crippen LogP contribution in [-0.2, 0) is 4.74 Å². The van der Waals surface area contributed by atoms with Gasteiger partial charge in [-0.2, -0.15) is 0 Å². The molecule has 1 fully saturated rings. The van der Waals surface area contributed by atoms with Gasteiger partial charge in [-0.15, -0.1) is 0 Å². The molecule has 0 aromatic heterocycles. The first kappa shape index (κ1) is 16.2. The van der Waals surface area contributed by atoms with Crippen molar-refractivity contribution in [3.8, 4) is 0 Å². The molecular formula is C14H25NO4S. The molecule has 6 heteroatoms. The highest BCUT2D eigenvalue weighted by molar-refractivity contribution is 8.14. The highest BCUT2D eigenvalue weighted by Gasteiger charge is 2.47. The molecule has 5 nitrogen and oxygen atoms in total. The van der Waals surface area contributed by atoms with Gasteiger partial charge in [-0.1, -0.05) is 44.4 Å². The largest absolute Gasteiger partial charge is 0.394 e. The van der Waals surface area contributed by atoms with E-state index in [1.807, 2.05) is 0 Å². The molecule has 2 aliphatic rings. The molecule has 1 saturated heterocycles. The van der Waals surface area contributed by atoms with Crippen molar-refractivity contribution < 1.29 is 20.1 Å². The fourth-order valence-electron chi connectivity index (χ4n) is 2.64. The Kier molecular flexibility index (Phi) is 6.29. The van der Waals surface area contributed by atoms with Crippen LogP contribution in [0.5, 0.6) is 0 Å². The Morgan fingerprint density at radius 1 is 1.15 bits per heavy atom. The summed E-state index contributed by atoms with van der Waals surface area (Å²) in [7, 11) is 0. The van der Waals surface area contributed by atoms with E-state index in [1.165, 1.54) is 37.4 Å². The lowest BCUT2D eigenvalue weighted by atomic mass is 9.99. The lowest BCUT2D eigenvalue weighted by Gasteiger charge is -2.37. The number of unbranched alkanes of at least 4 members (excludes halogenated alkanes) is 4. The SMILES string of the molecule is CCCCCCCC1=N[C@H]2C(O[C@H](CO)[C@@H](O)[C@@H]2O)S1. The van der Waals surface area contributed by atoms with Gasteiger partial charge in [0.1, 0.15) is 29.8 Å². The minimum absolute atomic E-state index is 0.267. The number of aliphatic hydroxyl groups is 3. The maximum Gasteiger partial charge on any atom is 0.134 e. The van der Waals surface area contributed by atoms with Crippen LogP contribution >= 0.6 is 11.8 Å². The van der Waals surface area contributed by atoms with Crippen molar-refractivity contribution in [3.63, 3.8) is 0 Å². The Balaban J connectivity index is 1.81. The van der Waals surface area contributed by atoms with Crippen LogP contribution in [-0.4, -0.2) is 56.8 Å². The van der Waals surface area contributed by atoms with Crippen molar-refractivity contribution in [2.45, 2.75) is 75.2 Å². The van der Waals surface area contributed by atoms with Crippen LogP contribution in [0.25, 0.3) is 0 Å². The Hall–Kier alpha value is -0.140. The lowest BCUT2D eigenvalue weighted by Crippen LogP contribution is -2.55. The third-order valence-corrected chi connectivity index (χ3v) is 5.09. The normalized spacial score (nSPS) is 36.8. The predicted octanol–water partition coefficient (Wildman–Crippen LogP) is 1.30. The number of aliphatic hydroxyl groups excluding tert-OH is 3. The van der Waals surface area contributed by atoms with Gasteiger partial charge in [-0.05, 0) is 12.8 Å². The van der Waals surface area contributed by atoms with Crippen LogP contribution in [0.2, 0.25) is 0 Å². The minimum Gasteiger partial charge on any atom is -0.394 e. The third-order valence-electron chi connectivity index (χ3n) is 3.89. The maximum atomic E-state index is 10.0. The molecule has 0 aromatic rings. The summed E-state index contributed by atoms with van der Waals surface area (Å²) in [5.74, 6) is 0. The van der Waals surface area contributed by atoms with Crippen LogP contribution in [0.15, 0.2) is 4.99 Å². The molecule has 3 N–H and O–H groups in total. The molecule has 0 amide bonds. The zero-order valence-corrected chi connectivity index (χ0v) is 12.8. The number of hydrogen-bond acceptors (Lipinski definition) is 6. The van der Waals surface area contributed by atoms with E-state index in [9.17, 15) is 10.2 Å². The second kappa shape index (κ2) is 7.75. The van der Waals surface area contributed by atoms with E-state index in [2.05, 4.69) is 11.9 Å². The van der Waals surface area contributed by atoms with E-state index < -0.39 is 24.4 Å². The average molecular weight is 303 g/mol. The van der Waals surface area contributed by atoms with Gasteiger partial charge in [0, 0.05) is 0 Å². The summed E-state index contributed by atoms with van der Waals surface area (Å²) in [6, 6.07) is -0.400. The Labute approximate surface area is 124 Å². The highest BCUT2D eigenvalue weighted by atomic mass is 32.2. The summed E-state index contributed by atoms with van der Waals surface area (Å²) in [5.41, 5.74) is -0.267. The van der Waals surface area contributed by atoms with E-state index in [-0.39, 0.29) is 12.0 Å². The van der Waals surface area contributed by atoms with Crippen molar-refractivity contribution in [2.24, 2.45) is 4.99 Å². The van der Waals surface area contributed by atoms with Crippen molar-refractivity contribution >= 4 is 16.8 Å². The van der Waals surface area contributed by atoms with E-state index in [4.69, 9.17) is 9.84 Å². The summed E-state index contributed by atoms with van der Waals surface area (Å²) in [6.07, 6.45) is 4.27. The number of rotatable bonds is 7. The molecule has 2 heterocycles. The fourth-order valence-corrected chi connectivity index (χ4v) is 3.91. The smallest absolute Gasteiger partial charge is 0.134 e. The van der Waals surface area contributed by atoms with Gasteiger partial charge in [0.05, 0.1) is 11.7 Å². The van der Waals surface area contributed by atoms with Gasteiger partial charge in [0.25, 0.3) is 0 Å². The standard InChI is InChI=1S/C14H25NO4S/c1-2-3-4-5-6-7-10-15-11-13(18)12(17)9(8-16)19-14(11)20-10/h9,11-14,16-18H,2-8H2,1H3/t9-,11-,12-,13-,14?/m1/s1. The molecule has 5 atom stereocenters. The Bertz CT molecular complexity index is 339. The number of nitrogens with zero attached hydrogens (tertiary/aromatic N) is 1. The first-order chi connectivity index (χ1) is 9.67. The molecule has 0 spiro atoms. The van der Waals surface area contributed by atoms with Crippen LogP contribution in [0, 0.1) is 0 Å². The lowest BCUT2D eigenvalue weighted by molar-refractivity contribution is -0.164. The number of aliphatic imine (C=N–C) groups is 1. The first-order valence-corrected chi connectivity index (χ1v) is 8.41. The van der Waals surface area contributed by atoms with Gasteiger partial charge < -0.3 is 20.1 Å². The molecule has 0 saturated carbocycles. The molecule has 0 aliphatic carbocycles. The molecule has 116 valence electrons. The summed E-state index contributed by atoms with van der Waals surface area (Å²) in [5, 5.41) is 30.0. The molecule has 20 heavy (non-hydrogen) atoms. The zero-order valence-electron chi connectivity index (χ0n) is 11.9. The molecule has 0 bridgehead atoms. The van der Waals surface area contributed by atoms with Crippen molar-refractivity contribution in [1.82, 2.24) is 0 Å². The molecule has 1 unspecified atom stereocenters. The highest BCUT2D eigenvalue weighted by Crippen LogP contribution is 2.37. The first-order valence-electron chi connectivity index (χ1n) is 7.53. The minimum atomic E-state index is -1.06. The number of thioether (sulfide) groups is 1. The Morgan fingerprint density at radius 3 is 2.60 bits per heavy atom. The topological polar surface area (TPSA) is 82.3 Å². The van der Waals surface area contributed by atoms with Crippen LogP contribution in [0.3, 0.4) is 0 Å². The maximum absolute atomic E-state index is 10.0. The van der Waals surface area contributed by atoms with Gasteiger partial charge in [0.2, 0.25) is 0 Å². The van der Waals surface area contributed by atoms with E-state index in [0.29, 0.717) is 0 Å². The van der Waals surface area contributed by atoms with Crippen molar-refractivity contribution in [2.75, 3.05) is 6.61 Å². The summed E-state index contributed by atoms with van der Waals surface area (Å²) >= 11 is 1.53. The van der Waals surface area contributed by atoms with E-state index >= 15 is 0 Å². The number of hydrogen-bond donors (Lipinski definition) is 3. The molecule has 2 aliphatic heterocycles. The van der Waals surface area contributed by atoms with E-state index in [0.717, 1.165) is 17.9 Å². The third kappa shape index (κ3) is 3.74. The van der Waals surface area contributed by atoms with Gasteiger partial charge in [-0.3, -0.25) is 4.99 Å². The van der Waals surface area contributed by atoms with Gasteiger partial charge in [0.15, 0.2) is 0 Å². The quantitative estimate of drug-likeness (QED) is 0.618. The number of ether oxygens (including phenoxy) is 1. The van der Waals surface area contributed by atoms with Crippen LogP contribution < -0.4 is 0 Å². The zero-order chi connectivity index (χ0) is 14.5. The van der Waals surface area contributed by atoms with Crippen molar-refractivity contribution in [3.05, 3.63) is 0 Å². The van der Waals surface area contributed by atoms with Crippen LogP contribution in [0.4, 0.5) is 0 Å². The summed E-state index contributed by atoms with van der Waals surface area (Å²) in [6.45, 7) is 1.91. The monoisotopic (exact) mass is 303 g/mol. The second-order valence-electron chi connectivity index (χ2n) is 5.50. The van der Waals surface area contributed by atoms with E-state index in [1.54, 1.807) is 0 Å². The number of fused-ring (bicyclic) bond motifs is 1. The van der Waals surface area contributed by atoms with Crippen molar-refractivity contribution in [1.29, 1.82) is 0 Å². The second-order valence-corrected chi connectivity index (χ2v) is 6.67. The average Bonchev–Trinajstić information content (AvgIpc) is 2.85. The van der Waals surface area contributed by atoms with Gasteiger partial charge >= 0.3 is 0 Å². The molecular weight excluding hydrogens is 278 g/mol. The van der Waals surface area contributed by atoms with Crippen LogP contribution in [0.1, 0.15) is 45.4 Å². The Morgan fingerprint density at radius 2 is 1.90 bits per heavy atom. The summed E-state index contributed by atoms with van der Waals surface area (Å²) < 4.78 is 5.61. The molecule has 0 aromatic carbocycles. The molecule has 2 rings (SSSR count). The summed E-state index contributed by atoms with van der Waals surface area (Å²) in [4.78, 5) is 4.49. The van der Waals surface area contributed by atoms with Gasteiger partial charge in [-0.25, -0.2) is 0 Å². The fraction of sp³-hybridized carbons (Fsp3) is 0.929. The predicted molar refractivity (Wildman–Crippen MR) is 80.0 cm³/mol.